The molecule has 0 aromatic heterocycles. The Kier molecular flexibility index (Phi) is 21.3. The molecule has 0 saturated heterocycles. The summed E-state index contributed by atoms with van der Waals surface area (Å²) < 4.78 is 0. The molecule has 0 bridgehead atoms. The van der Waals surface area contributed by atoms with E-state index in [1.54, 1.807) is 0 Å². The first-order valence-electron chi connectivity index (χ1n) is 12.7. The van der Waals surface area contributed by atoms with E-state index in [1.807, 2.05) is 0 Å². The molecular formula is C26H54. The standard InChI is InChI=1S/C26H54/c1-5-7-9-11-13-15-17-19-21-26(24-23-25(3)4)22-20-18-16-14-12-10-8-6-2/h25-26H,5-24H2,1-4H3. The summed E-state index contributed by atoms with van der Waals surface area (Å²) in [6.45, 7) is 9.40. The highest BCUT2D eigenvalue weighted by Gasteiger charge is 2.09. The van der Waals surface area contributed by atoms with Crippen molar-refractivity contribution in [1.82, 2.24) is 0 Å². The highest BCUT2D eigenvalue weighted by atomic mass is 14.2. The van der Waals surface area contributed by atoms with Crippen LogP contribution in [0.1, 0.15) is 156 Å². The summed E-state index contributed by atoms with van der Waals surface area (Å²) in [4.78, 5) is 0. The van der Waals surface area contributed by atoms with Crippen LogP contribution < -0.4 is 0 Å². The Morgan fingerprint density at radius 1 is 0.385 bits per heavy atom. The van der Waals surface area contributed by atoms with Crippen molar-refractivity contribution in [2.24, 2.45) is 11.8 Å². The molecule has 0 aliphatic heterocycles. The van der Waals surface area contributed by atoms with Gasteiger partial charge in [0.25, 0.3) is 0 Å². The second-order valence-corrected chi connectivity index (χ2v) is 9.36. The monoisotopic (exact) mass is 366 g/mol. The van der Waals surface area contributed by atoms with Crippen molar-refractivity contribution in [2.45, 2.75) is 156 Å². The molecule has 0 aliphatic carbocycles. The zero-order chi connectivity index (χ0) is 19.3. The first-order chi connectivity index (χ1) is 12.7. The largest absolute Gasteiger partial charge is 0.0654 e. The summed E-state index contributed by atoms with van der Waals surface area (Å²) in [5, 5.41) is 0. The molecule has 0 nitrogen and oxygen atoms in total. The van der Waals surface area contributed by atoms with Gasteiger partial charge in [-0.1, -0.05) is 156 Å². The zero-order valence-electron chi connectivity index (χ0n) is 19.3. The predicted octanol–water partition coefficient (Wildman–Crippen LogP) is 10.1. The van der Waals surface area contributed by atoms with E-state index in [0.717, 1.165) is 11.8 Å². The molecule has 0 aromatic carbocycles. The molecule has 0 fully saturated rings. The predicted molar refractivity (Wildman–Crippen MR) is 122 cm³/mol. The van der Waals surface area contributed by atoms with E-state index in [2.05, 4.69) is 27.7 Å². The van der Waals surface area contributed by atoms with Gasteiger partial charge in [0.2, 0.25) is 0 Å². The third kappa shape index (κ3) is 20.3. The van der Waals surface area contributed by atoms with Crippen molar-refractivity contribution < 1.29 is 0 Å². The van der Waals surface area contributed by atoms with Gasteiger partial charge < -0.3 is 0 Å². The topological polar surface area (TPSA) is 0 Å². The van der Waals surface area contributed by atoms with Crippen LogP contribution in [0.5, 0.6) is 0 Å². The molecule has 0 amide bonds. The van der Waals surface area contributed by atoms with Gasteiger partial charge in [-0.25, -0.2) is 0 Å². The summed E-state index contributed by atoms with van der Waals surface area (Å²) in [6.07, 6.45) is 29.4. The second kappa shape index (κ2) is 21.3. The second-order valence-electron chi connectivity index (χ2n) is 9.36. The Morgan fingerprint density at radius 2 is 0.731 bits per heavy atom. The molecule has 0 atom stereocenters. The van der Waals surface area contributed by atoms with Gasteiger partial charge in [0.15, 0.2) is 0 Å². The Bertz CT molecular complexity index is 222. The van der Waals surface area contributed by atoms with Gasteiger partial charge in [0.05, 0.1) is 0 Å². The molecular weight excluding hydrogens is 312 g/mol. The minimum Gasteiger partial charge on any atom is -0.0654 e. The third-order valence-electron chi connectivity index (χ3n) is 6.08. The van der Waals surface area contributed by atoms with Crippen molar-refractivity contribution in [1.29, 1.82) is 0 Å². The van der Waals surface area contributed by atoms with Crippen molar-refractivity contribution in [3.05, 3.63) is 0 Å². The van der Waals surface area contributed by atoms with Crippen LogP contribution in [0.4, 0.5) is 0 Å². The summed E-state index contributed by atoms with van der Waals surface area (Å²) in [6, 6.07) is 0. The molecule has 0 spiro atoms. The van der Waals surface area contributed by atoms with Gasteiger partial charge in [-0.15, -0.1) is 0 Å². The summed E-state index contributed by atoms with van der Waals surface area (Å²) in [7, 11) is 0. The Labute approximate surface area is 168 Å². The Hall–Kier alpha value is 0. The van der Waals surface area contributed by atoms with Crippen LogP contribution in [-0.4, -0.2) is 0 Å². The fourth-order valence-electron chi connectivity index (χ4n) is 4.14. The minimum absolute atomic E-state index is 0.884. The fraction of sp³-hybridized carbons (Fsp3) is 1.00. The van der Waals surface area contributed by atoms with Crippen LogP contribution in [0.3, 0.4) is 0 Å². The maximum absolute atomic E-state index is 2.39. The molecule has 0 heterocycles. The van der Waals surface area contributed by atoms with Gasteiger partial charge in [-0.05, 0) is 11.8 Å². The van der Waals surface area contributed by atoms with Gasteiger partial charge in [0.1, 0.15) is 0 Å². The number of hydrogen-bond donors (Lipinski definition) is 0. The maximum atomic E-state index is 2.39. The molecule has 0 aromatic rings. The first-order valence-corrected chi connectivity index (χ1v) is 12.7. The number of rotatable bonds is 21. The molecule has 0 N–H and O–H groups in total. The lowest BCUT2D eigenvalue weighted by Gasteiger charge is -2.18. The van der Waals surface area contributed by atoms with E-state index < -0.39 is 0 Å². The lowest BCUT2D eigenvalue weighted by molar-refractivity contribution is 0.351. The van der Waals surface area contributed by atoms with Crippen LogP contribution in [0.15, 0.2) is 0 Å². The van der Waals surface area contributed by atoms with Crippen molar-refractivity contribution in [3.63, 3.8) is 0 Å². The van der Waals surface area contributed by atoms with Crippen LogP contribution in [-0.2, 0) is 0 Å². The average molecular weight is 367 g/mol. The highest BCUT2D eigenvalue weighted by molar-refractivity contribution is 4.63. The van der Waals surface area contributed by atoms with Crippen LogP contribution >= 0.6 is 0 Å². The molecule has 0 rings (SSSR count). The van der Waals surface area contributed by atoms with Gasteiger partial charge in [-0.3, -0.25) is 0 Å². The van der Waals surface area contributed by atoms with Gasteiger partial charge in [0, 0.05) is 0 Å². The quantitative estimate of drug-likeness (QED) is 0.177. The molecule has 0 heteroatoms. The molecule has 158 valence electrons. The van der Waals surface area contributed by atoms with Gasteiger partial charge in [-0.2, -0.15) is 0 Å². The van der Waals surface area contributed by atoms with E-state index in [4.69, 9.17) is 0 Å². The summed E-state index contributed by atoms with van der Waals surface area (Å²) in [5.74, 6) is 1.91. The summed E-state index contributed by atoms with van der Waals surface area (Å²) >= 11 is 0. The number of unbranched alkanes of at least 4 members (excludes halogenated alkanes) is 14. The lowest BCUT2D eigenvalue weighted by atomic mass is 9.88. The van der Waals surface area contributed by atoms with Crippen LogP contribution in [0.25, 0.3) is 0 Å². The Balaban J connectivity index is 3.67. The zero-order valence-corrected chi connectivity index (χ0v) is 19.3. The third-order valence-corrected chi connectivity index (χ3v) is 6.08. The fourth-order valence-corrected chi connectivity index (χ4v) is 4.14. The molecule has 0 saturated carbocycles. The Morgan fingerprint density at radius 3 is 1.08 bits per heavy atom. The first kappa shape index (κ1) is 26.0. The van der Waals surface area contributed by atoms with Crippen LogP contribution in [0, 0.1) is 11.8 Å². The minimum atomic E-state index is 0.884. The van der Waals surface area contributed by atoms with E-state index in [1.165, 1.54) is 128 Å². The van der Waals surface area contributed by atoms with Crippen molar-refractivity contribution in [2.75, 3.05) is 0 Å². The molecule has 0 unspecified atom stereocenters. The van der Waals surface area contributed by atoms with E-state index in [-0.39, 0.29) is 0 Å². The van der Waals surface area contributed by atoms with Gasteiger partial charge >= 0.3 is 0 Å². The highest BCUT2D eigenvalue weighted by Crippen LogP contribution is 2.25. The normalized spacial score (nSPS) is 11.8. The molecule has 0 radical (unpaired) electrons. The molecule has 26 heavy (non-hydrogen) atoms. The van der Waals surface area contributed by atoms with E-state index in [9.17, 15) is 0 Å². The molecule has 0 aliphatic rings. The SMILES string of the molecule is CCCCCCCCCCC(CCCCCCCCCC)CCC(C)C. The maximum Gasteiger partial charge on any atom is -0.0414 e. The van der Waals surface area contributed by atoms with Crippen molar-refractivity contribution >= 4 is 0 Å². The van der Waals surface area contributed by atoms with E-state index >= 15 is 0 Å². The number of hydrogen-bond acceptors (Lipinski definition) is 0. The average Bonchev–Trinajstić information content (AvgIpc) is 2.63. The summed E-state index contributed by atoms with van der Waals surface area (Å²) in [5.41, 5.74) is 0. The smallest absolute Gasteiger partial charge is 0.0414 e. The van der Waals surface area contributed by atoms with Crippen molar-refractivity contribution in [3.8, 4) is 0 Å². The lowest BCUT2D eigenvalue weighted by Crippen LogP contribution is -2.03. The van der Waals surface area contributed by atoms with Crippen LogP contribution in [0.2, 0.25) is 0 Å². The van der Waals surface area contributed by atoms with E-state index in [0.29, 0.717) is 0 Å².